The Kier molecular flexibility index (Phi) is 8.75. The second-order valence-electron chi connectivity index (χ2n) is 6.04. The molecule has 1 N–H and O–H groups in total. The fourth-order valence-electron chi connectivity index (χ4n) is 2.45. The van der Waals surface area contributed by atoms with Crippen LogP contribution in [0.4, 0.5) is 0 Å². The van der Waals surface area contributed by atoms with Gasteiger partial charge in [0.25, 0.3) is 10.1 Å². The first-order chi connectivity index (χ1) is 10.9. The highest BCUT2D eigenvalue weighted by atomic mass is 79.9. The van der Waals surface area contributed by atoms with E-state index in [9.17, 15) is 13.5 Å². The second kappa shape index (κ2) is 9.77. The molecule has 0 spiro atoms. The van der Waals surface area contributed by atoms with Gasteiger partial charge in [-0.1, -0.05) is 55.5 Å². The molecule has 0 aliphatic heterocycles. The van der Waals surface area contributed by atoms with E-state index in [1.54, 1.807) is 12.1 Å². The average molecular weight is 407 g/mol. The molecule has 132 valence electrons. The maximum Gasteiger partial charge on any atom is 0.296 e. The van der Waals surface area contributed by atoms with Crippen LogP contribution in [0.1, 0.15) is 52.4 Å². The van der Waals surface area contributed by atoms with Gasteiger partial charge < -0.3 is 5.11 Å². The minimum Gasteiger partial charge on any atom is -0.396 e. The molecule has 6 heteroatoms. The van der Waals surface area contributed by atoms with Gasteiger partial charge in [-0.2, -0.15) is 8.42 Å². The number of aliphatic hydroxyl groups is 1. The van der Waals surface area contributed by atoms with Crippen molar-refractivity contribution in [3.63, 3.8) is 0 Å². The van der Waals surface area contributed by atoms with Crippen LogP contribution in [0.15, 0.2) is 33.6 Å². The zero-order valence-corrected chi connectivity index (χ0v) is 16.3. The van der Waals surface area contributed by atoms with Crippen LogP contribution in [0.5, 0.6) is 0 Å². The first kappa shape index (κ1) is 20.6. The van der Waals surface area contributed by atoms with Gasteiger partial charge in [-0.25, -0.2) is 0 Å². The zero-order chi connectivity index (χ0) is 17.3. The third-order valence-electron chi connectivity index (χ3n) is 4.08. The van der Waals surface area contributed by atoms with Gasteiger partial charge in [0.15, 0.2) is 0 Å². The summed E-state index contributed by atoms with van der Waals surface area (Å²) in [6.07, 6.45) is 5.46. The quantitative estimate of drug-likeness (QED) is 0.548. The molecule has 0 heterocycles. The van der Waals surface area contributed by atoms with Crippen molar-refractivity contribution in [3.8, 4) is 0 Å². The van der Waals surface area contributed by atoms with Crippen LogP contribution < -0.4 is 0 Å². The van der Waals surface area contributed by atoms with Crippen molar-refractivity contribution in [3.05, 3.63) is 28.7 Å². The van der Waals surface area contributed by atoms with Crippen molar-refractivity contribution in [2.24, 2.45) is 5.41 Å². The fourth-order valence-corrected chi connectivity index (χ4v) is 3.72. The molecule has 23 heavy (non-hydrogen) atoms. The lowest BCUT2D eigenvalue weighted by Crippen LogP contribution is -2.32. The SMILES string of the molecule is CCCCC(CO)(CCCC)COS(=O)(=O)c1ccc(Br)cc1. The van der Waals surface area contributed by atoms with E-state index < -0.39 is 15.5 Å². The highest BCUT2D eigenvalue weighted by molar-refractivity contribution is 9.10. The molecule has 0 amide bonds. The molecule has 0 atom stereocenters. The highest BCUT2D eigenvalue weighted by Gasteiger charge is 2.31. The molecule has 0 aromatic heterocycles. The summed E-state index contributed by atoms with van der Waals surface area (Å²) >= 11 is 3.28. The minimum absolute atomic E-state index is 0.0297. The van der Waals surface area contributed by atoms with Crippen molar-refractivity contribution in [1.29, 1.82) is 0 Å². The van der Waals surface area contributed by atoms with Crippen LogP contribution in [-0.2, 0) is 14.3 Å². The van der Waals surface area contributed by atoms with Gasteiger partial charge in [0, 0.05) is 9.89 Å². The molecule has 1 aromatic carbocycles. The molecule has 4 nitrogen and oxygen atoms in total. The van der Waals surface area contributed by atoms with E-state index >= 15 is 0 Å². The van der Waals surface area contributed by atoms with Crippen molar-refractivity contribution in [1.82, 2.24) is 0 Å². The predicted molar refractivity (Wildman–Crippen MR) is 95.8 cm³/mol. The number of unbranched alkanes of at least 4 members (excludes halogenated alkanes) is 2. The van der Waals surface area contributed by atoms with Gasteiger partial charge in [0.05, 0.1) is 18.1 Å². The molecule has 0 unspecified atom stereocenters. The normalized spacial score (nSPS) is 12.5. The Bertz CT molecular complexity index is 546. The summed E-state index contributed by atoms with van der Waals surface area (Å²) in [7, 11) is -3.80. The Morgan fingerprint density at radius 2 is 1.61 bits per heavy atom. The number of hydrogen-bond donors (Lipinski definition) is 1. The van der Waals surface area contributed by atoms with Gasteiger partial charge in [0.2, 0.25) is 0 Å². The molecule has 0 saturated carbocycles. The molecule has 1 rings (SSSR count). The zero-order valence-electron chi connectivity index (χ0n) is 13.9. The molecule has 0 saturated heterocycles. The summed E-state index contributed by atoms with van der Waals surface area (Å²) in [5.74, 6) is 0. The first-order valence-electron chi connectivity index (χ1n) is 8.15. The molecule has 0 fully saturated rings. The highest BCUT2D eigenvalue weighted by Crippen LogP contribution is 2.32. The van der Waals surface area contributed by atoms with Crippen LogP contribution in [0.3, 0.4) is 0 Å². The number of benzene rings is 1. The maximum absolute atomic E-state index is 12.3. The molecular weight excluding hydrogens is 380 g/mol. The van der Waals surface area contributed by atoms with Crippen LogP contribution in [0.2, 0.25) is 0 Å². The Hall–Kier alpha value is -0.430. The fraction of sp³-hybridized carbons (Fsp3) is 0.647. The maximum atomic E-state index is 12.3. The van der Waals surface area contributed by atoms with Crippen molar-refractivity contribution < 1.29 is 17.7 Å². The van der Waals surface area contributed by atoms with Crippen LogP contribution in [0, 0.1) is 5.41 Å². The van der Waals surface area contributed by atoms with E-state index in [4.69, 9.17) is 4.18 Å². The molecule has 0 bridgehead atoms. The van der Waals surface area contributed by atoms with Crippen LogP contribution >= 0.6 is 15.9 Å². The number of hydrogen-bond acceptors (Lipinski definition) is 4. The molecular formula is C17H27BrO4S. The van der Waals surface area contributed by atoms with Gasteiger partial charge in [-0.3, -0.25) is 4.18 Å². The van der Waals surface area contributed by atoms with Gasteiger partial charge >= 0.3 is 0 Å². The van der Waals surface area contributed by atoms with E-state index in [0.717, 1.165) is 43.0 Å². The molecule has 0 radical (unpaired) electrons. The Morgan fingerprint density at radius 3 is 2.04 bits per heavy atom. The number of halogens is 1. The third kappa shape index (κ3) is 6.53. The predicted octanol–water partition coefficient (Wildman–Crippen LogP) is 4.51. The summed E-state index contributed by atoms with van der Waals surface area (Å²) in [6, 6.07) is 6.36. The first-order valence-corrected chi connectivity index (χ1v) is 10.3. The largest absolute Gasteiger partial charge is 0.396 e. The lowest BCUT2D eigenvalue weighted by Gasteiger charge is -2.31. The average Bonchev–Trinajstić information content (AvgIpc) is 2.55. The summed E-state index contributed by atoms with van der Waals surface area (Å²) in [6.45, 7) is 4.15. The Morgan fingerprint density at radius 1 is 1.09 bits per heavy atom. The smallest absolute Gasteiger partial charge is 0.296 e. The second-order valence-corrected chi connectivity index (χ2v) is 8.57. The third-order valence-corrected chi connectivity index (χ3v) is 5.89. The standard InChI is InChI=1S/C17H27BrO4S/c1-3-5-11-17(13-19,12-6-4-2)14-22-23(20,21)16-9-7-15(18)8-10-16/h7-10,19H,3-6,11-14H2,1-2H3. The Balaban J connectivity index is 2.84. The van der Waals surface area contributed by atoms with Gasteiger partial charge in [0.1, 0.15) is 0 Å². The monoisotopic (exact) mass is 406 g/mol. The minimum atomic E-state index is -3.80. The lowest BCUT2D eigenvalue weighted by molar-refractivity contribution is 0.0491. The van der Waals surface area contributed by atoms with Crippen molar-refractivity contribution in [2.75, 3.05) is 13.2 Å². The van der Waals surface area contributed by atoms with E-state index in [1.165, 1.54) is 12.1 Å². The van der Waals surface area contributed by atoms with Crippen molar-refractivity contribution in [2.45, 2.75) is 57.3 Å². The molecule has 1 aromatic rings. The van der Waals surface area contributed by atoms with Crippen molar-refractivity contribution >= 4 is 26.0 Å². The topological polar surface area (TPSA) is 63.6 Å². The van der Waals surface area contributed by atoms with Gasteiger partial charge in [-0.15, -0.1) is 0 Å². The molecule has 0 aliphatic carbocycles. The van der Waals surface area contributed by atoms with Crippen LogP contribution in [-0.4, -0.2) is 26.7 Å². The number of rotatable bonds is 11. The number of aliphatic hydroxyl groups excluding tert-OH is 1. The lowest BCUT2D eigenvalue weighted by atomic mass is 9.80. The summed E-state index contributed by atoms with van der Waals surface area (Å²) in [5, 5.41) is 9.85. The van der Waals surface area contributed by atoms with E-state index in [1.807, 2.05) is 0 Å². The van der Waals surface area contributed by atoms with Gasteiger partial charge in [-0.05, 0) is 37.1 Å². The summed E-state index contributed by atoms with van der Waals surface area (Å²) in [5.41, 5.74) is -0.478. The summed E-state index contributed by atoms with van der Waals surface area (Å²) < 4.78 is 30.8. The summed E-state index contributed by atoms with van der Waals surface area (Å²) in [4.78, 5) is 0.138. The Labute approximate surface area is 148 Å². The molecule has 0 aliphatic rings. The van der Waals surface area contributed by atoms with E-state index in [0.29, 0.717) is 0 Å². The van der Waals surface area contributed by atoms with E-state index in [-0.39, 0.29) is 18.1 Å². The van der Waals surface area contributed by atoms with E-state index in [2.05, 4.69) is 29.8 Å². The van der Waals surface area contributed by atoms with Crippen LogP contribution in [0.25, 0.3) is 0 Å².